The topological polar surface area (TPSA) is 44.9 Å². The van der Waals surface area contributed by atoms with Crippen LogP contribution in [0, 0.1) is 0 Å². The molecule has 39 heavy (non-hydrogen) atoms. The largest absolute Gasteiger partial charge is 0.457 e. The summed E-state index contributed by atoms with van der Waals surface area (Å²) >= 11 is 0. The summed E-state index contributed by atoms with van der Waals surface area (Å²) in [7, 11) is 0. The molecule has 0 bridgehead atoms. The molecule has 3 aromatic heterocycles. The van der Waals surface area contributed by atoms with Gasteiger partial charge in [0.15, 0.2) is 0 Å². The van der Waals surface area contributed by atoms with E-state index < -0.39 is 0 Å². The van der Waals surface area contributed by atoms with E-state index in [0.717, 1.165) is 58.0 Å². The minimum atomic E-state index is 0.766. The molecule has 4 heterocycles. The van der Waals surface area contributed by atoms with Gasteiger partial charge in [0.1, 0.15) is 23.0 Å². The van der Waals surface area contributed by atoms with Crippen LogP contribution in [0.25, 0.3) is 44.7 Å². The molecule has 0 spiro atoms. The molecule has 0 N–H and O–H groups in total. The molecule has 1 aliphatic rings. The molecule has 5 heteroatoms. The molecule has 4 aromatic carbocycles. The minimum absolute atomic E-state index is 0.766. The van der Waals surface area contributed by atoms with Gasteiger partial charge in [0.05, 0.1) is 16.9 Å². The third kappa shape index (κ3) is 3.55. The summed E-state index contributed by atoms with van der Waals surface area (Å²) in [5, 5.41) is 2.32. The van der Waals surface area contributed by atoms with Crippen molar-refractivity contribution in [3.05, 3.63) is 133 Å². The Morgan fingerprint density at radius 1 is 0.641 bits per heavy atom. The van der Waals surface area contributed by atoms with Gasteiger partial charge in [-0.2, -0.15) is 0 Å². The summed E-state index contributed by atoms with van der Waals surface area (Å²) in [4.78, 5) is 9.53. The van der Waals surface area contributed by atoms with Crippen LogP contribution in [0.1, 0.15) is 11.3 Å². The Bertz CT molecular complexity index is 1960. The van der Waals surface area contributed by atoms with Crippen LogP contribution in [0.4, 0.5) is 0 Å². The first-order valence-electron chi connectivity index (χ1n) is 13.2. The first kappa shape index (κ1) is 21.9. The Kier molecular flexibility index (Phi) is 4.88. The third-order valence-electron chi connectivity index (χ3n) is 7.56. The maximum Gasteiger partial charge on any atom is 0.145 e. The van der Waals surface area contributed by atoms with Crippen molar-refractivity contribution in [1.29, 1.82) is 0 Å². The van der Waals surface area contributed by atoms with E-state index in [2.05, 4.69) is 88.0 Å². The molecule has 0 saturated heterocycles. The Hall–Kier alpha value is -5.16. The Balaban J connectivity index is 1.17. The van der Waals surface area contributed by atoms with E-state index in [1.807, 2.05) is 42.7 Å². The van der Waals surface area contributed by atoms with Gasteiger partial charge < -0.3 is 4.74 Å². The number of nitrogens with zero attached hydrogens (tertiary/aromatic N) is 4. The lowest BCUT2D eigenvalue weighted by Gasteiger charge is -2.21. The Morgan fingerprint density at radius 2 is 1.46 bits per heavy atom. The van der Waals surface area contributed by atoms with E-state index in [4.69, 9.17) is 14.7 Å². The van der Waals surface area contributed by atoms with E-state index >= 15 is 0 Å². The van der Waals surface area contributed by atoms with Gasteiger partial charge in [-0.25, -0.2) is 9.97 Å². The van der Waals surface area contributed by atoms with Crippen molar-refractivity contribution in [2.45, 2.75) is 12.8 Å². The van der Waals surface area contributed by atoms with Crippen LogP contribution in [0.15, 0.2) is 122 Å². The molecule has 0 unspecified atom stereocenters. The number of para-hydroxylation sites is 2. The Morgan fingerprint density at radius 3 is 2.44 bits per heavy atom. The average Bonchev–Trinajstić information content (AvgIpc) is 3.58. The second-order valence-corrected chi connectivity index (χ2v) is 9.89. The van der Waals surface area contributed by atoms with Crippen molar-refractivity contribution >= 4 is 21.9 Å². The molecule has 0 radical (unpaired) electrons. The molecule has 186 valence electrons. The van der Waals surface area contributed by atoms with Crippen molar-refractivity contribution in [1.82, 2.24) is 19.1 Å². The van der Waals surface area contributed by atoms with Crippen LogP contribution in [0.2, 0.25) is 0 Å². The summed E-state index contributed by atoms with van der Waals surface area (Å²) in [5.74, 6) is 2.47. The zero-order valence-corrected chi connectivity index (χ0v) is 21.2. The molecular formula is C34H24N4O. The van der Waals surface area contributed by atoms with Crippen LogP contribution in [0.3, 0.4) is 0 Å². The number of fused-ring (bicyclic) bond motifs is 6. The van der Waals surface area contributed by atoms with Gasteiger partial charge in [0, 0.05) is 40.5 Å². The van der Waals surface area contributed by atoms with Gasteiger partial charge in [-0.15, -0.1) is 0 Å². The number of rotatable bonds is 4. The van der Waals surface area contributed by atoms with Crippen molar-refractivity contribution in [3.8, 4) is 34.3 Å². The first-order valence-corrected chi connectivity index (χ1v) is 13.2. The molecule has 0 amide bonds. The second-order valence-electron chi connectivity index (χ2n) is 9.89. The Labute approximate surface area is 225 Å². The molecule has 1 aliphatic heterocycles. The van der Waals surface area contributed by atoms with E-state index in [1.54, 1.807) is 0 Å². The highest BCUT2D eigenvalue weighted by Gasteiger charge is 2.20. The van der Waals surface area contributed by atoms with Gasteiger partial charge in [-0.05, 0) is 66.9 Å². The molecule has 8 rings (SSSR count). The highest BCUT2D eigenvalue weighted by Crippen LogP contribution is 2.35. The van der Waals surface area contributed by atoms with E-state index in [9.17, 15) is 0 Å². The van der Waals surface area contributed by atoms with Crippen molar-refractivity contribution in [3.63, 3.8) is 0 Å². The van der Waals surface area contributed by atoms with Gasteiger partial charge in [-0.3, -0.25) is 9.13 Å². The highest BCUT2D eigenvalue weighted by atomic mass is 16.5. The average molecular weight is 505 g/mol. The van der Waals surface area contributed by atoms with E-state index in [0.29, 0.717) is 0 Å². The second kappa shape index (κ2) is 8.71. The predicted octanol–water partition coefficient (Wildman–Crippen LogP) is 7.92. The number of benzene rings is 4. The first-order chi connectivity index (χ1) is 19.3. The maximum atomic E-state index is 6.42. The normalized spacial score (nSPS) is 12.4. The number of hydrogen-bond donors (Lipinski definition) is 0. The number of hydrogen-bond acceptors (Lipinski definition) is 3. The summed E-state index contributed by atoms with van der Waals surface area (Å²) in [6, 6.07) is 37.5. The fourth-order valence-electron chi connectivity index (χ4n) is 5.82. The fraction of sp³-hybridized carbons (Fsp3) is 0.0588. The highest BCUT2D eigenvalue weighted by molar-refractivity contribution is 6.07. The monoisotopic (exact) mass is 504 g/mol. The van der Waals surface area contributed by atoms with Crippen LogP contribution in [0.5, 0.6) is 11.5 Å². The van der Waals surface area contributed by atoms with Crippen molar-refractivity contribution in [2.24, 2.45) is 0 Å². The smallest absolute Gasteiger partial charge is 0.145 e. The number of aromatic nitrogens is 4. The number of aryl methyl sites for hydroxylation is 2. The zero-order chi connectivity index (χ0) is 25.8. The lowest BCUT2D eigenvalue weighted by Crippen LogP contribution is -2.12. The van der Waals surface area contributed by atoms with E-state index in [1.165, 1.54) is 22.3 Å². The van der Waals surface area contributed by atoms with Crippen molar-refractivity contribution < 1.29 is 4.74 Å². The maximum absolute atomic E-state index is 6.42. The number of ether oxygens (including phenoxy) is 1. The molecule has 0 atom stereocenters. The van der Waals surface area contributed by atoms with Crippen LogP contribution in [-0.4, -0.2) is 19.1 Å². The number of imidazole rings is 1. The summed E-state index contributed by atoms with van der Waals surface area (Å²) in [6.07, 6.45) is 5.88. The quantitative estimate of drug-likeness (QED) is 0.245. The molecule has 0 saturated carbocycles. The molecule has 0 aliphatic carbocycles. The van der Waals surface area contributed by atoms with Crippen LogP contribution < -0.4 is 4.74 Å². The SMILES string of the molecule is c1cc(Oc2cccc(-n3c4ccccc4c4cccnc43)c2)cc(-c2ncc3n2-c2ccccc2CC3)c1. The molecular weight excluding hydrogens is 480 g/mol. The van der Waals surface area contributed by atoms with Crippen molar-refractivity contribution in [2.75, 3.05) is 0 Å². The minimum Gasteiger partial charge on any atom is -0.457 e. The van der Waals surface area contributed by atoms with Gasteiger partial charge in [0.2, 0.25) is 0 Å². The molecule has 5 nitrogen and oxygen atoms in total. The fourth-order valence-corrected chi connectivity index (χ4v) is 5.82. The summed E-state index contributed by atoms with van der Waals surface area (Å²) < 4.78 is 10.9. The lowest BCUT2D eigenvalue weighted by atomic mass is 10.0. The van der Waals surface area contributed by atoms with Gasteiger partial charge in [-0.1, -0.05) is 54.6 Å². The molecule has 7 aromatic rings. The van der Waals surface area contributed by atoms with Crippen LogP contribution in [-0.2, 0) is 12.8 Å². The van der Waals surface area contributed by atoms with Crippen LogP contribution >= 0.6 is 0 Å². The third-order valence-corrected chi connectivity index (χ3v) is 7.56. The molecule has 0 fully saturated rings. The van der Waals surface area contributed by atoms with E-state index in [-0.39, 0.29) is 0 Å². The zero-order valence-electron chi connectivity index (χ0n) is 21.2. The van der Waals surface area contributed by atoms with Gasteiger partial charge >= 0.3 is 0 Å². The number of pyridine rings is 1. The van der Waals surface area contributed by atoms with Gasteiger partial charge in [0.25, 0.3) is 0 Å². The predicted molar refractivity (Wildman–Crippen MR) is 155 cm³/mol. The summed E-state index contributed by atoms with van der Waals surface area (Å²) in [5.41, 5.74) is 7.89. The summed E-state index contributed by atoms with van der Waals surface area (Å²) in [6.45, 7) is 0. The standard InChI is InChI=1S/C34H24N4O/c1-3-15-31-23(8-1)17-18-26-22-36-33(38(26)31)24-9-5-11-27(20-24)39-28-12-6-10-25(21-28)37-32-16-4-2-13-29(32)30-14-7-19-35-34(30)37/h1-16,19-22H,17-18H2. The lowest BCUT2D eigenvalue weighted by molar-refractivity contribution is 0.482.